The van der Waals surface area contributed by atoms with Gasteiger partial charge in [-0.1, -0.05) is 18.2 Å². The number of rotatable bonds is 8. The number of alkyl halides is 2. The number of ether oxygens (including phenoxy) is 1. The smallest absolute Gasteiger partial charge is 0.314 e. The van der Waals surface area contributed by atoms with Crippen LogP contribution in [0.2, 0.25) is 0 Å². The molecule has 0 aliphatic carbocycles. The minimum atomic E-state index is -3.86. The second kappa shape index (κ2) is 11.2. The Bertz CT molecular complexity index is 1550. The number of nitrogens with zero attached hydrogens (tertiary/aromatic N) is 7. The van der Waals surface area contributed by atoms with Crippen LogP contribution >= 0.6 is 0 Å². The third-order valence-corrected chi connectivity index (χ3v) is 9.23. The van der Waals surface area contributed by atoms with Crippen LogP contribution in [0.15, 0.2) is 59.3 Å². The number of piperazine rings is 1. The maximum absolute atomic E-state index is 14.0. The Labute approximate surface area is 230 Å². The van der Waals surface area contributed by atoms with Gasteiger partial charge < -0.3 is 13.6 Å². The number of aromatic nitrogens is 4. The maximum Gasteiger partial charge on any atom is 0.314 e. The summed E-state index contributed by atoms with van der Waals surface area (Å²) in [6.45, 7) is 3.66. The van der Waals surface area contributed by atoms with Crippen molar-refractivity contribution in [2.45, 2.75) is 31.9 Å². The second-order valence-electron chi connectivity index (χ2n) is 9.79. The van der Waals surface area contributed by atoms with Gasteiger partial charge >= 0.3 is 16.6 Å². The Kier molecular flexibility index (Phi) is 7.49. The Morgan fingerprint density at radius 1 is 1.02 bits per heavy atom. The molecule has 0 spiro atoms. The summed E-state index contributed by atoms with van der Waals surface area (Å²) in [5.74, 6) is -0.799. The van der Waals surface area contributed by atoms with E-state index >= 15 is 0 Å². The van der Waals surface area contributed by atoms with Gasteiger partial charge in [0.2, 0.25) is 5.89 Å². The van der Waals surface area contributed by atoms with Crippen molar-refractivity contribution < 1.29 is 26.4 Å². The highest BCUT2D eigenvalue weighted by Crippen LogP contribution is 2.27. The molecule has 14 heteroatoms. The molecular weight excluding hydrogens is 544 g/mol. The van der Waals surface area contributed by atoms with Gasteiger partial charge in [0.1, 0.15) is 5.65 Å². The van der Waals surface area contributed by atoms with Gasteiger partial charge in [-0.2, -0.15) is 21.5 Å². The molecule has 4 aromatic rings. The summed E-state index contributed by atoms with van der Waals surface area (Å²) in [7, 11) is -3.86. The SMILES string of the molecule is O=S(=O)(N1CCN(C2CCOCC2)CC1)N(Cc1cn2ccc(-c3nnc(C(F)F)o3)cc2n1)c1ccccc1. The zero-order valence-corrected chi connectivity index (χ0v) is 22.5. The molecule has 0 radical (unpaired) electrons. The van der Waals surface area contributed by atoms with Crippen LogP contribution in [0.3, 0.4) is 0 Å². The fourth-order valence-corrected chi connectivity index (χ4v) is 6.81. The molecule has 0 bridgehead atoms. The molecule has 1 aromatic carbocycles. The average Bonchev–Trinajstić information content (AvgIpc) is 3.64. The van der Waals surface area contributed by atoms with Crippen LogP contribution in [0.1, 0.15) is 30.9 Å². The van der Waals surface area contributed by atoms with E-state index in [1.165, 1.54) is 4.31 Å². The third-order valence-electron chi connectivity index (χ3n) is 7.32. The van der Waals surface area contributed by atoms with E-state index in [9.17, 15) is 17.2 Å². The predicted molar refractivity (Wildman–Crippen MR) is 142 cm³/mol. The summed E-state index contributed by atoms with van der Waals surface area (Å²) in [6.07, 6.45) is 2.51. The lowest BCUT2D eigenvalue weighted by molar-refractivity contribution is 0.0229. The monoisotopic (exact) mass is 573 g/mol. The number of fused-ring (bicyclic) bond motifs is 1. The van der Waals surface area contributed by atoms with E-state index in [-0.39, 0.29) is 12.4 Å². The van der Waals surface area contributed by atoms with Crippen LogP contribution in [0.5, 0.6) is 0 Å². The molecular formula is C26H29F2N7O4S. The standard InChI is InChI=1S/C26H29F2N7O4S/c27-24(28)26-31-30-25(39-26)19-6-9-33-17-20(29-23(33)16-19)18-35(22-4-2-1-3-5-22)40(36,37)34-12-10-32(11-13-34)21-7-14-38-15-8-21/h1-6,9,16-17,21,24H,7-8,10-15,18H2. The molecule has 2 aliphatic heterocycles. The Morgan fingerprint density at radius 2 is 1.77 bits per heavy atom. The molecule has 0 saturated carbocycles. The molecule has 2 aliphatic rings. The van der Waals surface area contributed by atoms with Gasteiger partial charge in [-0.3, -0.25) is 9.21 Å². The fourth-order valence-electron chi connectivity index (χ4n) is 5.22. The average molecular weight is 574 g/mol. The van der Waals surface area contributed by atoms with Gasteiger partial charge in [0, 0.05) is 63.4 Å². The van der Waals surface area contributed by atoms with Crippen LogP contribution in [0.25, 0.3) is 17.1 Å². The molecule has 5 heterocycles. The lowest BCUT2D eigenvalue weighted by atomic mass is 10.1. The lowest BCUT2D eigenvalue weighted by Crippen LogP contribution is -2.55. The van der Waals surface area contributed by atoms with Crippen molar-refractivity contribution in [3.63, 3.8) is 0 Å². The number of benzene rings is 1. The maximum atomic E-state index is 14.0. The van der Waals surface area contributed by atoms with Gasteiger partial charge in [-0.25, -0.2) is 4.98 Å². The molecule has 2 saturated heterocycles. The van der Waals surface area contributed by atoms with Crippen molar-refractivity contribution in [1.82, 2.24) is 28.8 Å². The van der Waals surface area contributed by atoms with E-state index in [2.05, 4.69) is 20.1 Å². The summed E-state index contributed by atoms with van der Waals surface area (Å²) in [6, 6.07) is 12.7. The van der Waals surface area contributed by atoms with E-state index in [0.717, 1.165) is 26.1 Å². The third kappa shape index (κ3) is 5.44. The van der Waals surface area contributed by atoms with E-state index < -0.39 is 22.5 Å². The Hall–Kier alpha value is -3.46. The van der Waals surface area contributed by atoms with Gasteiger partial charge in [-0.15, -0.1) is 10.2 Å². The van der Waals surface area contributed by atoms with Crippen molar-refractivity contribution in [2.75, 3.05) is 43.7 Å². The fraction of sp³-hybridized carbons (Fsp3) is 0.423. The molecule has 0 amide bonds. The molecule has 0 atom stereocenters. The summed E-state index contributed by atoms with van der Waals surface area (Å²) in [5, 5.41) is 7.06. The molecule has 40 heavy (non-hydrogen) atoms. The molecule has 6 rings (SSSR count). The van der Waals surface area contributed by atoms with Gasteiger partial charge in [0.15, 0.2) is 0 Å². The van der Waals surface area contributed by atoms with E-state index in [4.69, 9.17) is 9.15 Å². The zero-order chi connectivity index (χ0) is 27.7. The minimum absolute atomic E-state index is 0.0135. The van der Waals surface area contributed by atoms with Gasteiger partial charge in [-0.05, 0) is 37.1 Å². The number of imidazole rings is 1. The van der Waals surface area contributed by atoms with Crippen LogP contribution in [-0.4, -0.2) is 82.6 Å². The number of hydrogen-bond donors (Lipinski definition) is 0. The molecule has 11 nitrogen and oxygen atoms in total. The minimum Gasteiger partial charge on any atom is -0.415 e. The summed E-state index contributed by atoms with van der Waals surface area (Å²) < 4.78 is 68.9. The van der Waals surface area contributed by atoms with Crippen molar-refractivity contribution in [1.29, 1.82) is 0 Å². The summed E-state index contributed by atoms with van der Waals surface area (Å²) in [5.41, 5.74) is 1.97. The first-order chi connectivity index (χ1) is 19.4. The number of halogens is 2. The molecule has 2 fully saturated rings. The van der Waals surface area contributed by atoms with E-state index in [1.54, 1.807) is 57.5 Å². The first-order valence-electron chi connectivity index (χ1n) is 13.1. The van der Waals surface area contributed by atoms with Gasteiger partial charge in [0.05, 0.1) is 17.9 Å². The van der Waals surface area contributed by atoms with Crippen molar-refractivity contribution in [3.8, 4) is 11.5 Å². The highest BCUT2D eigenvalue weighted by atomic mass is 32.2. The highest BCUT2D eigenvalue weighted by molar-refractivity contribution is 7.90. The number of hydrogen-bond acceptors (Lipinski definition) is 8. The quantitative estimate of drug-likeness (QED) is 0.316. The Balaban J connectivity index is 1.23. The predicted octanol–water partition coefficient (Wildman–Crippen LogP) is 3.37. The van der Waals surface area contributed by atoms with Crippen molar-refractivity contribution in [3.05, 3.63) is 66.4 Å². The topological polar surface area (TPSA) is 109 Å². The normalized spacial score (nSPS) is 18.1. The van der Waals surface area contributed by atoms with Crippen LogP contribution in [-0.2, 0) is 21.5 Å². The van der Waals surface area contributed by atoms with Crippen LogP contribution in [0, 0.1) is 0 Å². The largest absolute Gasteiger partial charge is 0.415 e. The van der Waals surface area contributed by atoms with E-state index in [0.29, 0.717) is 54.8 Å². The summed E-state index contributed by atoms with van der Waals surface area (Å²) in [4.78, 5) is 6.99. The van der Waals surface area contributed by atoms with Crippen molar-refractivity contribution >= 4 is 21.5 Å². The zero-order valence-electron chi connectivity index (χ0n) is 21.6. The number of pyridine rings is 1. The molecule has 3 aromatic heterocycles. The van der Waals surface area contributed by atoms with Crippen LogP contribution < -0.4 is 4.31 Å². The highest BCUT2D eigenvalue weighted by Gasteiger charge is 2.35. The molecule has 0 unspecified atom stereocenters. The molecule has 212 valence electrons. The number of anilines is 1. The van der Waals surface area contributed by atoms with Gasteiger partial charge in [0.25, 0.3) is 5.89 Å². The lowest BCUT2D eigenvalue weighted by Gasteiger charge is -2.41. The van der Waals surface area contributed by atoms with E-state index in [1.807, 2.05) is 6.07 Å². The van der Waals surface area contributed by atoms with Crippen LogP contribution in [0.4, 0.5) is 14.5 Å². The number of para-hydroxylation sites is 1. The molecule has 0 N–H and O–H groups in total. The Morgan fingerprint density at radius 3 is 2.48 bits per heavy atom. The first kappa shape index (κ1) is 26.7. The first-order valence-corrected chi connectivity index (χ1v) is 14.5. The summed E-state index contributed by atoms with van der Waals surface area (Å²) >= 11 is 0. The second-order valence-corrected chi connectivity index (χ2v) is 11.6. The van der Waals surface area contributed by atoms with Crippen molar-refractivity contribution in [2.24, 2.45) is 0 Å².